The van der Waals surface area contributed by atoms with Gasteiger partial charge in [0.15, 0.2) is 0 Å². The van der Waals surface area contributed by atoms with Gasteiger partial charge in [-0.2, -0.15) is 0 Å². The van der Waals surface area contributed by atoms with E-state index in [1.54, 1.807) is 4.90 Å². The van der Waals surface area contributed by atoms with Gasteiger partial charge in [-0.25, -0.2) is 9.59 Å². The highest BCUT2D eigenvalue weighted by atomic mass is 35.5. The van der Waals surface area contributed by atoms with Crippen molar-refractivity contribution in [3.63, 3.8) is 0 Å². The highest BCUT2D eigenvalue weighted by Crippen LogP contribution is 2.29. The second kappa shape index (κ2) is 13.6. The topological polar surface area (TPSA) is 118 Å². The van der Waals surface area contributed by atoms with Crippen molar-refractivity contribution < 1.29 is 29.4 Å². The number of amides is 2. The van der Waals surface area contributed by atoms with E-state index in [4.69, 9.17) is 21.8 Å². The predicted octanol–water partition coefficient (Wildman–Crippen LogP) is 2.71. The normalized spacial score (nSPS) is 18.0. The van der Waals surface area contributed by atoms with Crippen LogP contribution in [0.25, 0.3) is 0 Å². The molecule has 2 amide bonds. The summed E-state index contributed by atoms with van der Waals surface area (Å²) in [5.41, 5.74) is 2.40. The molecule has 10 heteroatoms. The van der Waals surface area contributed by atoms with Crippen LogP contribution in [-0.2, 0) is 25.7 Å². The van der Waals surface area contributed by atoms with Crippen LogP contribution in [0.2, 0.25) is 5.02 Å². The molecule has 2 aromatic carbocycles. The lowest BCUT2D eigenvalue weighted by Gasteiger charge is -2.35. The van der Waals surface area contributed by atoms with E-state index in [-0.39, 0.29) is 24.3 Å². The Morgan fingerprint density at radius 3 is 2.05 bits per heavy atom. The number of likely N-dealkylation sites (tertiary alicyclic amines) is 1. The zero-order valence-corrected chi connectivity index (χ0v) is 21.1. The van der Waals surface area contributed by atoms with Crippen LogP contribution in [0.15, 0.2) is 66.7 Å². The van der Waals surface area contributed by atoms with Crippen molar-refractivity contribution in [1.82, 2.24) is 14.7 Å². The largest absolute Gasteiger partial charge is 0.478 e. The molecule has 4 rings (SSSR count). The van der Waals surface area contributed by atoms with Gasteiger partial charge in [-0.1, -0.05) is 54.1 Å². The first-order valence-corrected chi connectivity index (χ1v) is 12.3. The van der Waals surface area contributed by atoms with Crippen LogP contribution in [0.3, 0.4) is 0 Å². The fourth-order valence-corrected chi connectivity index (χ4v) is 4.41. The van der Waals surface area contributed by atoms with Gasteiger partial charge in [-0.05, 0) is 23.3 Å². The summed E-state index contributed by atoms with van der Waals surface area (Å²) < 4.78 is 0. The van der Waals surface area contributed by atoms with Gasteiger partial charge < -0.3 is 20.0 Å². The number of aliphatic carboxylic acids is 2. The van der Waals surface area contributed by atoms with Crippen LogP contribution in [0.5, 0.6) is 0 Å². The molecule has 0 aliphatic carbocycles. The molecular formula is C27H30ClN3O6. The number of hydrogen-bond acceptors (Lipinski definition) is 5. The molecule has 0 saturated carbocycles. The molecule has 0 radical (unpaired) electrons. The van der Waals surface area contributed by atoms with Crippen molar-refractivity contribution in [3.05, 3.63) is 82.9 Å². The van der Waals surface area contributed by atoms with E-state index >= 15 is 0 Å². The minimum Gasteiger partial charge on any atom is -0.478 e. The minimum absolute atomic E-state index is 0.0504. The van der Waals surface area contributed by atoms with Gasteiger partial charge in [0.1, 0.15) is 0 Å². The summed E-state index contributed by atoms with van der Waals surface area (Å²) in [5, 5.41) is 16.3. The number of carbonyl (C=O) groups is 4. The van der Waals surface area contributed by atoms with E-state index in [1.165, 1.54) is 5.56 Å². The Morgan fingerprint density at radius 1 is 0.892 bits per heavy atom. The molecule has 0 bridgehead atoms. The number of piperazine rings is 1. The van der Waals surface area contributed by atoms with Crippen molar-refractivity contribution in [2.45, 2.75) is 18.9 Å². The Hall–Kier alpha value is -3.69. The smallest absolute Gasteiger partial charge is 0.328 e. The third-order valence-corrected chi connectivity index (χ3v) is 6.48. The van der Waals surface area contributed by atoms with Crippen molar-refractivity contribution in [3.8, 4) is 0 Å². The maximum Gasteiger partial charge on any atom is 0.328 e. The summed E-state index contributed by atoms with van der Waals surface area (Å²) in [6.45, 7) is 4.85. The van der Waals surface area contributed by atoms with E-state index in [2.05, 4.69) is 29.2 Å². The number of carboxylic acid groups (broad SMARTS) is 2. The first-order chi connectivity index (χ1) is 17.7. The van der Waals surface area contributed by atoms with E-state index in [9.17, 15) is 19.2 Å². The first-order valence-electron chi connectivity index (χ1n) is 11.9. The van der Waals surface area contributed by atoms with Crippen molar-refractivity contribution >= 4 is 35.4 Å². The quantitative estimate of drug-likeness (QED) is 0.531. The van der Waals surface area contributed by atoms with Gasteiger partial charge in [0.2, 0.25) is 11.8 Å². The Bertz CT molecular complexity index is 1100. The summed E-state index contributed by atoms with van der Waals surface area (Å²) in [5.74, 6) is -2.27. The third kappa shape index (κ3) is 9.04. The lowest BCUT2D eigenvalue weighted by molar-refractivity contribution is -0.139. The molecule has 2 aromatic rings. The van der Waals surface area contributed by atoms with Crippen molar-refractivity contribution in [2.75, 3.05) is 39.3 Å². The lowest BCUT2D eigenvalue weighted by atomic mass is 9.98. The van der Waals surface area contributed by atoms with Gasteiger partial charge in [0.25, 0.3) is 0 Å². The Morgan fingerprint density at radius 2 is 1.49 bits per heavy atom. The molecule has 2 aliphatic heterocycles. The molecule has 2 heterocycles. The monoisotopic (exact) mass is 527 g/mol. The van der Waals surface area contributed by atoms with Crippen LogP contribution in [0.1, 0.15) is 23.5 Å². The first kappa shape index (κ1) is 27.9. The van der Waals surface area contributed by atoms with Crippen LogP contribution >= 0.6 is 11.6 Å². The molecule has 2 saturated heterocycles. The van der Waals surface area contributed by atoms with E-state index in [0.29, 0.717) is 43.2 Å². The molecule has 2 fully saturated rings. The van der Waals surface area contributed by atoms with E-state index in [1.807, 2.05) is 35.2 Å². The zero-order valence-electron chi connectivity index (χ0n) is 20.3. The SMILES string of the molecule is O=C(CN1CC(c2ccc(Cl)cc2)CC1=O)N1CCN(Cc2ccccc2)CC1.O=C(O)C=CC(=O)O. The number of rotatable bonds is 7. The van der Waals surface area contributed by atoms with Crippen molar-refractivity contribution in [2.24, 2.45) is 0 Å². The summed E-state index contributed by atoms with van der Waals surface area (Å²) in [7, 11) is 0. The molecule has 0 spiro atoms. The highest BCUT2D eigenvalue weighted by Gasteiger charge is 2.33. The van der Waals surface area contributed by atoms with Gasteiger partial charge in [-0.3, -0.25) is 14.5 Å². The molecule has 0 aromatic heterocycles. The van der Waals surface area contributed by atoms with Gasteiger partial charge >= 0.3 is 11.9 Å². The molecule has 2 aliphatic rings. The van der Waals surface area contributed by atoms with Gasteiger partial charge in [0.05, 0.1) is 6.54 Å². The number of carbonyl (C=O) groups excluding carboxylic acids is 2. The minimum atomic E-state index is -1.26. The summed E-state index contributed by atoms with van der Waals surface area (Å²) in [6.07, 6.45) is 1.57. The molecular weight excluding hydrogens is 498 g/mol. The second-order valence-electron chi connectivity index (χ2n) is 8.88. The maximum atomic E-state index is 12.7. The predicted molar refractivity (Wildman–Crippen MR) is 138 cm³/mol. The van der Waals surface area contributed by atoms with Crippen LogP contribution in [0, 0.1) is 0 Å². The zero-order chi connectivity index (χ0) is 26.8. The average Bonchev–Trinajstić information content (AvgIpc) is 3.24. The molecule has 196 valence electrons. The molecule has 9 nitrogen and oxygen atoms in total. The van der Waals surface area contributed by atoms with E-state index in [0.717, 1.165) is 25.2 Å². The highest BCUT2D eigenvalue weighted by molar-refractivity contribution is 6.30. The second-order valence-corrected chi connectivity index (χ2v) is 9.32. The van der Waals surface area contributed by atoms with Crippen LogP contribution < -0.4 is 0 Å². The van der Waals surface area contributed by atoms with Crippen LogP contribution in [-0.4, -0.2) is 87.9 Å². The number of halogens is 1. The Kier molecular flexibility index (Phi) is 10.2. The average molecular weight is 528 g/mol. The third-order valence-electron chi connectivity index (χ3n) is 6.22. The Balaban J connectivity index is 0.000000414. The summed E-state index contributed by atoms with van der Waals surface area (Å²) in [4.78, 5) is 50.2. The van der Waals surface area contributed by atoms with Crippen LogP contribution in [0.4, 0.5) is 0 Å². The van der Waals surface area contributed by atoms with Gasteiger partial charge in [-0.15, -0.1) is 0 Å². The van der Waals surface area contributed by atoms with E-state index < -0.39 is 11.9 Å². The lowest BCUT2D eigenvalue weighted by Crippen LogP contribution is -2.51. The fraction of sp³-hybridized carbons (Fsp3) is 0.333. The number of nitrogens with zero attached hydrogens (tertiary/aromatic N) is 3. The molecule has 2 N–H and O–H groups in total. The molecule has 1 unspecified atom stereocenters. The number of carboxylic acids is 2. The summed E-state index contributed by atoms with van der Waals surface area (Å²) in [6, 6.07) is 18.0. The fourth-order valence-electron chi connectivity index (χ4n) is 4.29. The number of hydrogen-bond donors (Lipinski definition) is 2. The molecule has 1 atom stereocenters. The molecule has 37 heavy (non-hydrogen) atoms. The standard InChI is InChI=1S/C23H26ClN3O2.C4H4O4/c24-21-8-6-19(7-9-21)20-14-22(28)27(16-20)17-23(29)26-12-10-25(11-13-26)15-18-4-2-1-3-5-18;5-3(6)1-2-4(7)8/h1-9,20H,10-17H2;1-2H,(H,5,6)(H,7,8). The van der Waals surface area contributed by atoms with Crippen molar-refractivity contribution in [1.29, 1.82) is 0 Å². The maximum absolute atomic E-state index is 12.7. The Labute approximate surface area is 220 Å². The number of benzene rings is 2. The summed E-state index contributed by atoms with van der Waals surface area (Å²) >= 11 is 5.96. The van der Waals surface area contributed by atoms with Gasteiger partial charge in [0, 0.05) is 68.8 Å².